The summed E-state index contributed by atoms with van der Waals surface area (Å²) in [6.07, 6.45) is 1.15. The van der Waals surface area contributed by atoms with Gasteiger partial charge in [0.2, 0.25) is 0 Å². The van der Waals surface area contributed by atoms with Crippen LogP contribution in [0.4, 0.5) is 5.69 Å². The molecular formula is C17H19N. The molecule has 0 spiro atoms. The van der Waals surface area contributed by atoms with Crippen molar-refractivity contribution in [2.75, 3.05) is 11.4 Å². The maximum absolute atomic E-state index is 2.53. The van der Waals surface area contributed by atoms with Crippen molar-refractivity contribution in [3.63, 3.8) is 0 Å². The number of nitrogens with zero attached hydrogens (tertiary/aromatic N) is 1. The fourth-order valence-electron chi connectivity index (χ4n) is 2.99. The first-order valence-corrected chi connectivity index (χ1v) is 6.67. The van der Waals surface area contributed by atoms with Gasteiger partial charge in [-0.1, -0.05) is 42.5 Å². The largest absolute Gasteiger partial charge is 0.364 e. The molecule has 0 radical (unpaired) electrons. The first-order valence-electron chi connectivity index (χ1n) is 6.67. The average molecular weight is 237 g/mol. The van der Waals surface area contributed by atoms with Crippen molar-refractivity contribution < 1.29 is 0 Å². The molecule has 3 rings (SSSR count). The van der Waals surface area contributed by atoms with E-state index in [9.17, 15) is 0 Å². The molecule has 0 bridgehead atoms. The van der Waals surface area contributed by atoms with Gasteiger partial charge in [-0.25, -0.2) is 0 Å². The predicted molar refractivity (Wildman–Crippen MR) is 77.1 cm³/mol. The van der Waals surface area contributed by atoms with Crippen molar-refractivity contribution in [2.24, 2.45) is 0 Å². The monoisotopic (exact) mass is 237 g/mol. The molecule has 0 saturated heterocycles. The SMILES string of the molecule is Cc1ccccc1N1CCc2ccccc2C1C. The van der Waals surface area contributed by atoms with Crippen molar-refractivity contribution >= 4 is 5.69 Å². The maximum atomic E-state index is 2.53. The summed E-state index contributed by atoms with van der Waals surface area (Å²) in [6.45, 7) is 5.62. The Balaban J connectivity index is 2.00. The van der Waals surface area contributed by atoms with E-state index < -0.39 is 0 Å². The molecule has 0 N–H and O–H groups in total. The van der Waals surface area contributed by atoms with E-state index >= 15 is 0 Å². The van der Waals surface area contributed by atoms with Crippen LogP contribution in [0.15, 0.2) is 48.5 Å². The van der Waals surface area contributed by atoms with Crippen LogP contribution in [0.5, 0.6) is 0 Å². The summed E-state index contributed by atoms with van der Waals surface area (Å²) < 4.78 is 0. The van der Waals surface area contributed by atoms with Crippen LogP contribution in [0.2, 0.25) is 0 Å². The number of hydrogen-bond donors (Lipinski definition) is 0. The third kappa shape index (κ3) is 1.80. The van der Waals surface area contributed by atoms with Gasteiger partial charge >= 0.3 is 0 Å². The van der Waals surface area contributed by atoms with Crippen molar-refractivity contribution in [2.45, 2.75) is 26.3 Å². The van der Waals surface area contributed by atoms with Crippen LogP contribution < -0.4 is 4.90 Å². The molecule has 1 heterocycles. The van der Waals surface area contributed by atoms with Crippen LogP contribution >= 0.6 is 0 Å². The highest BCUT2D eigenvalue weighted by atomic mass is 15.2. The number of hydrogen-bond acceptors (Lipinski definition) is 1. The lowest BCUT2D eigenvalue weighted by Crippen LogP contribution is -2.34. The second-order valence-corrected chi connectivity index (χ2v) is 5.10. The van der Waals surface area contributed by atoms with Gasteiger partial charge in [-0.15, -0.1) is 0 Å². The minimum absolute atomic E-state index is 0.469. The fraction of sp³-hybridized carbons (Fsp3) is 0.294. The van der Waals surface area contributed by atoms with E-state index in [4.69, 9.17) is 0 Å². The standard InChI is InChI=1S/C17H19N/c1-13-7-3-6-10-17(13)18-12-11-15-8-4-5-9-16(15)14(18)2/h3-10,14H,11-12H2,1-2H3. The first kappa shape index (κ1) is 11.3. The molecule has 1 atom stereocenters. The van der Waals surface area contributed by atoms with Crippen molar-refractivity contribution in [1.82, 2.24) is 0 Å². The Kier molecular flexibility index (Phi) is 2.83. The first-order chi connectivity index (χ1) is 8.77. The average Bonchev–Trinajstić information content (AvgIpc) is 2.41. The van der Waals surface area contributed by atoms with E-state index in [1.54, 1.807) is 0 Å². The molecule has 1 aliphatic heterocycles. The van der Waals surface area contributed by atoms with E-state index in [1.165, 1.54) is 22.4 Å². The number of fused-ring (bicyclic) bond motifs is 1. The number of anilines is 1. The van der Waals surface area contributed by atoms with Gasteiger partial charge in [0.1, 0.15) is 0 Å². The quantitative estimate of drug-likeness (QED) is 0.721. The zero-order chi connectivity index (χ0) is 12.5. The second kappa shape index (κ2) is 4.49. The topological polar surface area (TPSA) is 3.24 Å². The maximum Gasteiger partial charge on any atom is 0.0517 e. The van der Waals surface area contributed by atoms with Crippen LogP contribution in [0, 0.1) is 6.92 Å². The van der Waals surface area contributed by atoms with Crippen molar-refractivity contribution in [1.29, 1.82) is 0 Å². The number of benzene rings is 2. The Morgan fingerprint density at radius 3 is 2.56 bits per heavy atom. The lowest BCUT2D eigenvalue weighted by Gasteiger charge is -2.38. The highest BCUT2D eigenvalue weighted by molar-refractivity contribution is 5.56. The minimum atomic E-state index is 0.469. The van der Waals surface area contributed by atoms with Gasteiger partial charge in [-0.05, 0) is 43.0 Å². The summed E-state index contributed by atoms with van der Waals surface area (Å²) in [5.74, 6) is 0. The molecule has 0 amide bonds. The molecule has 2 aromatic rings. The minimum Gasteiger partial charge on any atom is -0.364 e. The van der Waals surface area contributed by atoms with Crippen LogP contribution in [-0.2, 0) is 6.42 Å². The van der Waals surface area contributed by atoms with E-state index in [0.29, 0.717) is 6.04 Å². The van der Waals surface area contributed by atoms with Gasteiger partial charge in [-0.2, -0.15) is 0 Å². The highest BCUT2D eigenvalue weighted by Crippen LogP contribution is 2.34. The molecule has 1 heteroatoms. The van der Waals surface area contributed by atoms with Crippen molar-refractivity contribution in [3.8, 4) is 0 Å². The Labute approximate surface area is 109 Å². The molecule has 0 aromatic heterocycles. The molecule has 1 aliphatic rings. The molecule has 1 nitrogen and oxygen atoms in total. The van der Waals surface area contributed by atoms with Crippen molar-refractivity contribution in [3.05, 3.63) is 65.2 Å². The Bertz CT molecular complexity index is 559. The number of rotatable bonds is 1. The van der Waals surface area contributed by atoms with Crippen LogP contribution in [-0.4, -0.2) is 6.54 Å². The number of aryl methyl sites for hydroxylation is 1. The van der Waals surface area contributed by atoms with Gasteiger partial charge < -0.3 is 4.90 Å². The lowest BCUT2D eigenvalue weighted by atomic mass is 9.93. The molecule has 1 unspecified atom stereocenters. The molecule has 2 aromatic carbocycles. The zero-order valence-electron chi connectivity index (χ0n) is 11.1. The van der Waals surface area contributed by atoms with Gasteiger partial charge in [0.05, 0.1) is 6.04 Å². The summed E-state index contributed by atoms with van der Waals surface area (Å²) in [6, 6.07) is 18.0. The number of para-hydroxylation sites is 1. The molecule has 0 fully saturated rings. The fourth-order valence-corrected chi connectivity index (χ4v) is 2.99. The molecular weight excluding hydrogens is 218 g/mol. The summed E-state index contributed by atoms with van der Waals surface area (Å²) in [5.41, 5.74) is 5.73. The van der Waals surface area contributed by atoms with E-state index in [-0.39, 0.29) is 0 Å². The van der Waals surface area contributed by atoms with Crippen LogP contribution in [0.1, 0.15) is 29.7 Å². The van der Waals surface area contributed by atoms with Crippen LogP contribution in [0.3, 0.4) is 0 Å². The molecule has 0 aliphatic carbocycles. The Morgan fingerprint density at radius 1 is 1.00 bits per heavy atom. The molecule has 0 saturated carbocycles. The second-order valence-electron chi connectivity index (χ2n) is 5.10. The third-order valence-corrected chi connectivity index (χ3v) is 4.02. The normalized spacial score (nSPS) is 18.6. The summed E-state index contributed by atoms with van der Waals surface area (Å²) >= 11 is 0. The predicted octanol–water partition coefficient (Wildman–Crippen LogP) is 4.12. The van der Waals surface area contributed by atoms with Gasteiger partial charge in [-0.3, -0.25) is 0 Å². The Hall–Kier alpha value is -1.76. The zero-order valence-corrected chi connectivity index (χ0v) is 11.1. The Morgan fingerprint density at radius 2 is 1.72 bits per heavy atom. The van der Waals surface area contributed by atoms with E-state index in [2.05, 4.69) is 67.3 Å². The van der Waals surface area contributed by atoms with Gasteiger partial charge in [0.15, 0.2) is 0 Å². The van der Waals surface area contributed by atoms with E-state index in [0.717, 1.165) is 13.0 Å². The van der Waals surface area contributed by atoms with Gasteiger partial charge in [0, 0.05) is 12.2 Å². The summed E-state index contributed by atoms with van der Waals surface area (Å²) in [4.78, 5) is 2.53. The van der Waals surface area contributed by atoms with Crippen LogP contribution in [0.25, 0.3) is 0 Å². The molecule has 92 valence electrons. The third-order valence-electron chi connectivity index (χ3n) is 4.02. The lowest BCUT2D eigenvalue weighted by molar-refractivity contribution is 0.623. The summed E-state index contributed by atoms with van der Waals surface area (Å²) in [7, 11) is 0. The summed E-state index contributed by atoms with van der Waals surface area (Å²) in [5, 5.41) is 0. The molecule has 18 heavy (non-hydrogen) atoms. The highest BCUT2D eigenvalue weighted by Gasteiger charge is 2.24. The smallest absolute Gasteiger partial charge is 0.0517 e. The van der Waals surface area contributed by atoms with E-state index in [1.807, 2.05) is 0 Å². The van der Waals surface area contributed by atoms with Gasteiger partial charge in [0.25, 0.3) is 0 Å².